The van der Waals surface area contributed by atoms with Gasteiger partial charge in [0, 0.05) is 18.2 Å². The molecule has 0 aliphatic rings. The number of benzene rings is 3. The van der Waals surface area contributed by atoms with E-state index in [-0.39, 0.29) is 24.7 Å². The van der Waals surface area contributed by atoms with Crippen LogP contribution in [0.2, 0.25) is 0 Å². The molecule has 0 saturated carbocycles. The third-order valence-corrected chi connectivity index (χ3v) is 6.18. The van der Waals surface area contributed by atoms with Crippen LogP contribution in [0, 0.1) is 11.6 Å². The zero-order valence-corrected chi connectivity index (χ0v) is 19.7. The van der Waals surface area contributed by atoms with Crippen molar-refractivity contribution in [2.24, 2.45) is 0 Å². The molecule has 3 aromatic carbocycles. The second-order valence-electron chi connectivity index (χ2n) is 7.44. The number of nitrogens with one attached hydrogen (secondary N) is 1. The van der Waals surface area contributed by atoms with Gasteiger partial charge in [0.25, 0.3) is 5.91 Å². The van der Waals surface area contributed by atoms with Crippen molar-refractivity contribution < 1.29 is 31.5 Å². The molecular weight excluding hydrogens is 466 g/mol. The van der Waals surface area contributed by atoms with E-state index in [0.717, 1.165) is 28.3 Å². The summed E-state index contributed by atoms with van der Waals surface area (Å²) in [5.74, 6) is -1.40. The fourth-order valence-electron chi connectivity index (χ4n) is 3.24. The molecule has 0 aliphatic carbocycles. The lowest BCUT2D eigenvalue weighted by molar-refractivity contribution is 0.0951. The number of halogens is 2. The molecule has 3 rings (SSSR count). The van der Waals surface area contributed by atoms with E-state index in [1.54, 1.807) is 36.4 Å². The number of hydrogen-bond acceptors (Lipinski definition) is 5. The Labute approximate surface area is 197 Å². The molecule has 0 aliphatic heterocycles. The van der Waals surface area contributed by atoms with E-state index >= 15 is 0 Å². The molecule has 1 N–H and O–H groups in total. The van der Waals surface area contributed by atoms with Crippen molar-refractivity contribution in [1.82, 2.24) is 5.32 Å². The maximum Gasteiger partial charge on any atom is 0.251 e. The summed E-state index contributed by atoms with van der Waals surface area (Å²) in [6.45, 7) is 0.149. The number of nitrogens with zero attached hydrogens (tertiary/aromatic N) is 1. The second-order valence-corrected chi connectivity index (χ2v) is 9.34. The van der Waals surface area contributed by atoms with Crippen LogP contribution in [-0.4, -0.2) is 34.8 Å². The lowest BCUT2D eigenvalue weighted by Gasteiger charge is -2.22. The minimum atomic E-state index is -3.78. The van der Waals surface area contributed by atoms with Gasteiger partial charge in [-0.2, -0.15) is 0 Å². The van der Waals surface area contributed by atoms with E-state index in [2.05, 4.69) is 5.32 Å². The second kappa shape index (κ2) is 10.5. The first-order valence-electron chi connectivity index (χ1n) is 10.1. The first-order valence-corrected chi connectivity index (χ1v) is 12.0. The van der Waals surface area contributed by atoms with Gasteiger partial charge in [-0.3, -0.25) is 9.10 Å². The number of carbonyl (C=O) groups excluding carboxylic acids is 1. The van der Waals surface area contributed by atoms with Gasteiger partial charge >= 0.3 is 0 Å². The van der Waals surface area contributed by atoms with E-state index in [0.29, 0.717) is 22.6 Å². The largest absolute Gasteiger partial charge is 0.493 e. The standard InChI is InChI=1S/C24H24F2N2O5S/c1-32-22-11-6-17(12-23(22)33-2)14-27-24(29)18-7-4-16(5-8-18)15-28(34(3,30)31)19-9-10-20(25)21(26)13-19/h4-13H,14-15H2,1-3H3,(H,27,29). The third kappa shape index (κ3) is 6.02. The van der Waals surface area contributed by atoms with Crippen molar-refractivity contribution in [3.05, 3.63) is 89.0 Å². The molecule has 0 unspecified atom stereocenters. The lowest BCUT2D eigenvalue weighted by Crippen LogP contribution is -2.29. The van der Waals surface area contributed by atoms with Crippen LogP contribution in [0.5, 0.6) is 11.5 Å². The van der Waals surface area contributed by atoms with Crippen molar-refractivity contribution in [1.29, 1.82) is 0 Å². The highest BCUT2D eigenvalue weighted by molar-refractivity contribution is 7.92. The minimum Gasteiger partial charge on any atom is -0.493 e. The number of sulfonamides is 1. The molecule has 1 amide bonds. The van der Waals surface area contributed by atoms with Gasteiger partial charge in [-0.15, -0.1) is 0 Å². The maximum absolute atomic E-state index is 13.6. The Hall–Kier alpha value is -3.66. The van der Waals surface area contributed by atoms with Crippen molar-refractivity contribution in [3.8, 4) is 11.5 Å². The summed E-state index contributed by atoms with van der Waals surface area (Å²) < 4.78 is 62.8. The Balaban J connectivity index is 1.69. The molecule has 0 atom stereocenters. The Morgan fingerprint density at radius 1 is 0.882 bits per heavy atom. The number of ether oxygens (including phenoxy) is 2. The van der Waals surface area contributed by atoms with Crippen LogP contribution in [0.15, 0.2) is 60.7 Å². The molecule has 0 spiro atoms. The van der Waals surface area contributed by atoms with Crippen molar-refractivity contribution in [3.63, 3.8) is 0 Å². The normalized spacial score (nSPS) is 11.1. The van der Waals surface area contributed by atoms with Gasteiger partial charge in [0.1, 0.15) is 0 Å². The number of hydrogen-bond donors (Lipinski definition) is 1. The molecule has 0 saturated heterocycles. The Kier molecular flexibility index (Phi) is 7.72. The molecule has 10 heteroatoms. The SMILES string of the molecule is COc1ccc(CNC(=O)c2ccc(CN(c3ccc(F)c(F)c3)S(C)(=O)=O)cc2)cc1OC. The van der Waals surface area contributed by atoms with Crippen LogP contribution in [0.4, 0.5) is 14.5 Å². The van der Waals surface area contributed by atoms with Gasteiger partial charge in [0.05, 0.1) is 32.7 Å². The molecule has 34 heavy (non-hydrogen) atoms. The number of anilines is 1. The Bertz CT molecular complexity index is 1280. The highest BCUT2D eigenvalue weighted by Gasteiger charge is 2.20. The van der Waals surface area contributed by atoms with Gasteiger partial charge in [0.2, 0.25) is 10.0 Å². The van der Waals surface area contributed by atoms with E-state index in [1.807, 2.05) is 6.07 Å². The molecule has 0 radical (unpaired) electrons. The summed E-state index contributed by atoms with van der Waals surface area (Å²) in [7, 11) is -0.712. The molecule has 0 fully saturated rings. The zero-order chi connectivity index (χ0) is 24.9. The molecule has 180 valence electrons. The van der Waals surface area contributed by atoms with Gasteiger partial charge in [0.15, 0.2) is 23.1 Å². The summed E-state index contributed by atoms with van der Waals surface area (Å²) in [6, 6.07) is 14.5. The number of rotatable bonds is 9. The highest BCUT2D eigenvalue weighted by atomic mass is 32.2. The van der Waals surface area contributed by atoms with E-state index < -0.39 is 21.7 Å². The Morgan fingerprint density at radius 2 is 1.53 bits per heavy atom. The third-order valence-electron chi connectivity index (χ3n) is 5.03. The van der Waals surface area contributed by atoms with Crippen LogP contribution in [0.1, 0.15) is 21.5 Å². The van der Waals surface area contributed by atoms with Gasteiger partial charge in [-0.25, -0.2) is 17.2 Å². The fourth-order valence-corrected chi connectivity index (χ4v) is 4.12. The first-order chi connectivity index (χ1) is 16.1. The molecular formula is C24H24F2N2O5S. The zero-order valence-electron chi connectivity index (χ0n) is 18.8. The topological polar surface area (TPSA) is 84.9 Å². The monoisotopic (exact) mass is 490 g/mol. The van der Waals surface area contributed by atoms with Gasteiger partial charge < -0.3 is 14.8 Å². The number of amides is 1. The van der Waals surface area contributed by atoms with E-state index in [1.165, 1.54) is 20.3 Å². The van der Waals surface area contributed by atoms with Crippen LogP contribution < -0.4 is 19.1 Å². The quantitative estimate of drug-likeness (QED) is 0.492. The molecule has 0 heterocycles. The predicted molar refractivity (Wildman–Crippen MR) is 125 cm³/mol. The van der Waals surface area contributed by atoms with Crippen LogP contribution in [-0.2, 0) is 23.1 Å². The number of carbonyl (C=O) groups is 1. The smallest absolute Gasteiger partial charge is 0.251 e. The molecule has 0 bridgehead atoms. The summed E-state index contributed by atoms with van der Waals surface area (Å²) in [5.41, 5.74) is 1.76. The van der Waals surface area contributed by atoms with Crippen molar-refractivity contribution in [2.75, 3.05) is 24.8 Å². The fraction of sp³-hybridized carbons (Fsp3) is 0.208. The van der Waals surface area contributed by atoms with E-state index in [9.17, 15) is 22.0 Å². The maximum atomic E-state index is 13.6. The van der Waals surface area contributed by atoms with Crippen molar-refractivity contribution in [2.45, 2.75) is 13.1 Å². The average molecular weight is 491 g/mol. The predicted octanol–water partition coefficient (Wildman–Crippen LogP) is 3.88. The van der Waals surface area contributed by atoms with Gasteiger partial charge in [-0.1, -0.05) is 18.2 Å². The Morgan fingerprint density at radius 3 is 2.12 bits per heavy atom. The molecule has 0 aromatic heterocycles. The first kappa shape index (κ1) is 25.0. The van der Waals surface area contributed by atoms with E-state index in [4.69, 9.17) is 9.47 Å². The van der Waals surface area contributed by atoms with Crippen LogP contribution in [0.25, 0.3) is 0 Å². The van der Waals surface area contributed by atoms with Crippen LogP contribution >= 0.6 is 0 Å². The summed E-state index contributed by atoms with van der Waals surface area (Å²) in [6.07, 6.45) is 0.976. The van der Waals surface area contributed by atoms with Gasteiger partial charge in [-0.05, 0) is 47.5 Å². The molecule has 7 nitrogen and oxygen atoms in total. The summed E-state index contributed by atoms with van der Waals surface area (Å²) in [4.78, 5) is 12.5. The minimum absolute atomic E-state index is 0.00172. The van der Waals surface area contributed by atoms with Crippen LogP contribution in [0.3, 0.4) is 0 Å². The van der Waals surface area contributed by atoms with Crippen molar-refractivity contribution >= 4 is 21.6 Å². The summed E-state index contributed by atoms with van der Waals surface area (Å²) >= 11 is 0. The number of methoxy groups -OCH3 is 2. The molecule has 3 aromatic rings. The highest BCUT2D eigenvalue weighted by Crippen LogP contribution is 2.27. The lowest BCUT2D eigenvalue weighted by atomic mass is 10.1. The summed E-state index contributed by atoms with van der Waals surface area (Å²) in [5, 5.41) is 2.81. The average Bonchev–Trinajstić information content (AvgIpc) is 2.82.